The Morgan fingerprint density at radius 1 is 1.14 bits per heavy atom. The van der Waals surface area contributed by atoms with Gasteiger partial charge in [-0.1, -0.05) is 44.8 Å². The summed E-state index contributed by atoms with van der Waals surface area (Å²) in [4.78, 5) is 14.1. The van der Waals surface area contributed by atoms with E-state index >= 15 is 0 Å². The third kappa shape index (κ3) is 8.25. The van der Waals surface area contributed by atoms with Gasteiger partial charge < -0.3 is 15.7 Å². The average molecular weight is 519 g/mol. The van der Waals surface area contributed by atoms with E-state index in [1.54, 1.807) is 11.3 Å². The minimum Gasteiger partial charge on any atom is -0.390 e. The number of nitrogens with one attached hydrogen (secondary N) is 2. The number of aliphatic hydroxyl groups excluding tert-OH is 1. The van der Waals surface area contributed by atoms with E-state index in [4.69, 9.17) is 0 Å². The van der Waals surface area contributed by atoms with E-state index in [0.29, 0.717) is 5.56 Å². The summed E-state index contributed by atoms with van der Waals surface area (Å²) in [7, 11) is -1.47. The predicted octanol–water partition coefficient (Wildman–Crippen LogP) is 5.11. The molecule has 1 aliphatic rings. The van der Waals surface area contributed by atoms with Gasteiger partial charge in [0.2, 0.25) is 5.91 Å². The van der Waals surface area contributed by atoms with Crippen molar-refractivity contribution in [2.24, 2.45) is 0 Å². The summed E-state index contributed by atoms with van der Waals surface area (Å²) in [6.45, 7) is 8.30. The van der Waals surface area contributed by atoms with Crippen molar-refractivity contribution >= 4 is 25.3 Å². The van der Waals surface area contributed by atoms with Crippen LogP contribution >= 0.6 is 11.3 Å². The Kier molecular flexibility index (Phi) is 9.27. The summed E-state index contributed by atoms with van der Waals surface area (Å²) in [5, 5.41) is 17.4. The Balaban J connectivity index is 1.77. The van der Waals surface area contributed by atoms with Crippen molar-refractivity contribution in [2.75, 3.05) is 6.54 Å². The maximum Gasteiger partial charge on any atom is 0.217 e. The molecule has 0 unspecified atom stereocenters. The second-order valence-corrected chi connectivity index (χ2v) is 16.4. The number of thiophene rings is 1. The Hall–Kier alpha value is -2.05. The summed E-state index contributed by atoms with van der Waals surface area (Å²) in [6.07, 6.45) is 4.47. The number of carbonyl (C=O) groups excluding carboxylic acids is 1. The number of rotatable bonds is 8. The van der Waals surface area contributed by atoms with E-state index in [-0.39, 0.29) is 24.4 Å². The van der Waals surface area contributed by atoms with Gasteiger partial charge in [-0.3, -0.25) is 4.79 Å². The molecule has 3 rings (SSSR count). The molecule has 0 bridgehead atoms. The van der Waals surface area contributed by atoms with Gasteiger partial charge in [0, 0.05) is 24.4 Å². The molecule has 2 atom stereocenters. The van der Waals surface area contributed by atoms with Crippen molar-refractivity contribution in [3.63, 3.8) is 0 Å². The molecule has 4 nitrogen and oxygen atoms in total. The average Bonchev–Trinajstić information content (AvgIpc) is 3.25. The van der Waals surface area contributed by atoms with Crippen LogP contribution in [0.2, 0.25) is 19.6 Å². The monoisotopic (exact) mass is 518 g/mol. The van der Waals surface area contributed by atoms with Crippen LogP contribution in [0.1, 0.15) is 54.3 Å². The minimum absolute atomic E-state index is 0.125. The van der Waals surface area contributed by atoms with Crippen LogP contribution in [0.5, 0.6) is 0 Å². The highest BCUT2D eigenvalue weighted by atomic mass is 32.1. The first-order valence-electron chi connectivity index (χ1n) is 12.2. The fourth-order valence-corrected chi connectivity index (χ4v) is 6.23. The number of aliphatic hydroxyl groups is 1. The van der Waals surface area contributed by atoms with Gasteiger partial charge in [0.05, 0.1) is 22.6 Å². The van der Waals surface area contributed by atoms with E-state index in [0.717, 1.165) is 36.6 Å². The maximum absolute atomic E-state index is 13.7. The molecule has 1 fully saturated rings. The second-order valence-electron chi connectivity index (χ2n) is 10.5. The Morgan fingerprint density at radius 2 is 1.80 bits per heavy atom. The molecule has 35 heavy (non-hydrogen) atoms. The highest BCUT2D eigenvalue weighted by Gasteiger charge is 2.36. The molecule has 8 heteroatoms. The largest absolute Gasteiger partial charge is 0.390 e. The van der Waals surface area contributed by atoms with E-state index in [2.05, 4.69) is 53.9 Å². The van der Waals surface area contributed by atoms with Crippen molar-refractivity contribution in [1.82, 2.24) is 10.6 Å². The topological polar surface area (TPSA) is 61.4 Å². The third-order valence-electron chi connectivity index (χ3n) is 6.23. The lowest BCUT2D eigenvalue weighted by Crippen LogP contribution is -2.52. The summed E-state index contributed by atoms with van der Waals surface area (Å²) in [5.41, 5.74) is 3.56. The van der Waals surface area contributed by atoms with Crippen LogP contribution in [0.25, 0.3) is 0 Å². The van der Waals surface area contributed by atoms with Gasteiger partial charge in [0.25, 0.3) is 0 Å². The van der Waals surface area contributed by atoms with Crippen molar-refractivity contribution in [2.45, 2.75) is 82.8 Å². The van der Waals surface area contributed by atoms with E-state index in [9.17, 15) is 18.7 Å². The molecule has 1 aromatic heterocycles. The van der Waals surface area contributed by atoms with E-state index in [1.165, 1.54) is 30.4 Å². The molecular weight excluding hydrogens is 482 g/mol. The van der Waals surface area contributed by atoms with Gasteiger partial charge in [-0.05, 0) is 49.1 Å². The zero-order valence-electron chi connectivity index (χ0n) is 21.0. The van der Waals surface area contributed by atoms with Gasteiger partial charge in [0.15, 0.2) is 0 Å². The predicted molar refractivity (Wildman–Crippen MR) is 141 cm³/mol. The normalized spacial score (nSPS) is 17.2. The summed E-state index contributed by atoms with van der Waals surface area (Å²) in [6, 6.07) is 6.82. The fraction of sp³-hybridized carbons (Fsp3) is 0.519. The molecule has 0 saturated heterocycles. The number of benzene rings is 1. The molecule has 190 valence electrons. The molecule has 1 aromatic carbocycles. The lowest BCUT2D eigenvalue weighted by Gasteiger charge is -2.39. The Labute approximate surface area is 212 Å². The second kappa shape index (κ2) is 11.8. The molecule has 3 N–H and O–H groups in total. The summed E-state index contributed by atoms with van der Waals surface area (Å²) >= 11 is 1.71. The van der Waals surface area contributed by atoms with Crippen molar-refractivity contribution in [1.29, 1.82) is 0 Å². The molecule has 1 aliphatic carbocycles. The van der Waals surface area contributed by atoms with Crippen LogP contribution in [-0.2, 0) is 16.8 Å². The third-order valence-corrected chi connectivity index (χ3v) is 8.31. The van der Waals surface area contributed by atoms with Gasteiger partial charge in [0.1, 0.15) is 19.7 Å². The molecule has 0 radical (unpaired) electrons. The molecule has 1 heterocycles. The fourth-order valence-electron chi connectivity index (χ4n) is 4.55. The smallest absolute Gasteiger partial charge is 0.217 e. The van der Waals surface area contributed by atoms with Crippen LogP contribution in [-0.4, -0.2) is 37.8 Å². The van der Waals surface area contributed by atoms with Gasteiger partial charge >= 0.3 is 0 Å². The van der Waals surface area contributed by atoms with E-state index < -0.39 is 31.9 Å². The highest BCUT2D eigenvalue weighted by Crippen LogP contribution is 2.40. The lowest BCUT2D eigenvalue weighted by atomic mass is 9.80. The first-order valence-corrected chi connectivity index (χ1v) is 16.6. The summed E-state index contributed by atoms with van der Waals surface area (Å²) in [5.74, 6) is 1.68. The quantitative estimate of drug-likeness (QED) is 0.336. The number of hydrogen-bond acceptors (Lipinski definition) is 4. The van der Waals surface area contributed by atoms with E-state index in [1.807, 2.05) is 0 Å². The van der Waals surface area contributed by atoms with Crippen LogP contribution < -0.4 is 10.6 Å². The molecule has 2 aromatic rings. The van der Waals surface area contributed by atoms with Crippen molar-refractivity contribution < 1.29 is 18.7 Å². The zero-order valence-corrected chi connectivity index (χ0v) is 22.8. The summed E-state index contributed by atoms with van der Waals surface area (Å²) < 4.78 is 27.4. The SMILES string of the molecule is CC(=O)N[C@H](Cc1cc(F)cc(F)c1)[C@H](O)CNC1(c2ccc(C#C[Si](C)(C)C)s2)CCCCC1. The first kappa shape index (κ1) is 27.5. The van der Waals surface area contributed by atoms with Crippen LogP contribution in [0.4, 0.5) is 8.78 Å². The number of amides is 1. The number of carbonyl (C=O) groups is 1. The van der Waals surface area contributed by atoms with Gasteiger partial charge in [-0.25, -0.2) is 8.78 Å². The lowest BCUT2D eigenvalue weighted by molar-refractivity contribution is -0.120. The molecular formula is C27H36F2N2O2SSi. The Bertz CT molecular complexity index is 1060. The minimum atomic E-state index is -1.47. The highest BCUT2D eigenvalue weighted by molar-refractivity contribution is 7.12. The maximum atomic E-state index is 13.7. The number of halogens is 2. The van der Waals surface area contributed by atoms with Gasteiger partial charge in [-0.2, -0.15) is 0 Å². The molecule has 1 saturated carbocycles. The standard InChI is InChI=1S/C27H36F2N2O2SSi/c1-19(32)31-24(16-20-14-21(28)17-22(29)15-20)25(33)18-30-27(11-6-5-7-12-27)26-9-8-23(34-26)10-13-35(2,3)4/h8-9,14-15,17,24-25,30,33H,5-7,11-12,16,18H2,1-4H3,(H,31,32)/t24-,25-/m1/s1. The zero-order chi connectivity index (χ0) is 25.6. The molecule has 1 amide bonds. The molecule has 0 aliphatic heterocycles. The van der Waals surface area contributed by atoms with Crippen LogP contribution in [0.15, 0.2) is 30.3 Å². The van der Waals surface area contributed by atoms with Crippen molar-refractivity contribution in [3.8, 4) is 11.5 Å². The number of hydrogen-bond donors (Lipinski definition) is 3. The molecule has 0 spiro atoms. The van der Waals surface area contributed by atoms with Gasteiger partial charge in [-0.15, -0.1) is 16.9 Å². The van der Waals surface area contributed by atoms with Crippen LogP contribution in [0, 0.1) is 23.1 Å². The Morgan fingerprint density at radius 3 is 2.40 bits per heavy atom. The van der Waals surface area contributed by atoms with Crippen LogP contribution in [0.3, 0.4) is 0 Å². The van der Waals surface area contributed by atoms with Crippen molar-refractivity contribution in [3.05, 3.63) is 57.3 Å². The first-order chi connectivity index (χ1) is 16.5.